The van der Waals surface area contributed by atoms with Crippen LogP contribution in [0.4, 0.5) is 13.2 Å². The predicted molar refractivity (Wildman–Crippen MR) is 136 cm³/mol. The van der Waals surface area contributed by atoms with Gasteiger partial charge in [0.25, 0.3) is 0 Å². The van der Waals surface area contributed by atoms with E-state index in [4.69, 9.17) is 11.5 Å². The molecule has 0 radical (unpaired) electrons. The highest BCUT2D eigenvalue weighted by Crippen LogP contribution is 2.37. The van der Waals surface area contributed by atoms with Gasteiger partial charge in [0.05, 0.1) is 17.8 Å². The standard InChI is InChI=1S/C26H36F3N5O6/c1-14(35)19(30)23(39)33-11-3-5-18(33)22(38)34-12-4-10-25(34,24(40)32-20(15(2)36)21(31)37)13-16-6-8-17(9-7-16)26(27,28)29/h6-9,14-15,18-20,35-36H,3-5,10-13,30H2,1-2H3,(H2,31,37)(H,32,40)/t14?,15?,18-,19?,20?,25+/m0/s1. The molecule has 1 aromatic rings. The number of halogens is 3. The molecule has 4 amide bonds. The molecule has 1 aromatic carbocycles. The van der Waals surface area contributed by atoms with Crippen LogP contribution in [0.3, 0.4) is 0 Å². The second-order valence-corrected chi connectivity index (χ2v) is 10.5. The number of carbonyl (C=O) groups is 4. The minimum atomic E-state index is -4.57. The Bertz CT molecular complexity index is 1110. The van der Waals surface area contributed by atoms with E-state index in [0.29, 0.717) is 18.4 Å². The first-order valence-corrected chi connectivity index (χ1v) is 13.1. The first-order chi connectivity index (χ1) is 18.6. The van der Waals surface area contributed by atoms with Crippen molar-refractivity contribution in [3.8, 4) is 0 Å². The van der Waals surface area contributed by atoms with Gasteiger partial charge in [-0.3, -0.25) is 19.2 Å². The van der Waals surface area contributed by atoms with E-state index in [9.17, 15) is 42.6 Å². The maximum absolute atomic E-state index is 14.0. The van der Waals surface area contributed by atoms with Crippen molar-refractivity contribution < 1.29 is 42.6 Å². The molecule has 6 atom stereocenters. The van der Waals surface area contributed by atoms with Crippen molar-refractivity contribution in [1.29, 1.82) is 0 Å². The van der Waals surface area contributed by atoms with Gasteiger partial charge in [0.2, 0.25) is 23.6 Å². The highest BCUT2D eigenvalue weighted by molar-refractivity contribution is 5.98. The number of hydrogen-bond donors (Lipinski definition) is 5. The molecule has 14 heteroatoms. The lowest BCUT2D eigenvalue weighted by molar-refractivity contribution is -0.152. The van der Waals surface area contributed by atoms with Crippen LogP contribution >= 0.6 is 0 Å². The number of aliphatic hydroxyl groups excluding tert-OH is 2. The lowest BCUT2D eigenvalue weighted by Gasteiger charge is -2.41. The molecule has 222 valence electrons. The first-order valence-electron chi connectivity index (χ1n) is 13.1. The Labute approximate surface area is 229 Å². The molecule has 2 saturated heterocycles. The number of rotatable bonds is 9. The Morgan fingerprint density at radius 2 is 1.70 bits per heavy atom. The highest BCUT2D eigenvalue weighted by Gasteiger charge is 2.53. The van der Waals surface area contributed by atoms with Crippen LogP contribution < -0.4 is 16.8 Å². The average molecular weight is 572 g/mol. The maximum Gasteiger partial charge on any atom is 0.416 e. The van der Waals surface area contributed by atoms with Crippen LogP contribution in [0, 0.1) is 0 Å². The molecule has 4 unspecified atom stereocenters. The van der Waals surface area contributed by atoms with Gasteiger partial charge >= 0.3 is 6.18 Å². The first kappa shape index (κ1) is 31.3. The molecule has 7 N–H and O–H groups in total. The molecule has 2 heterocycles. The lowest BCUT2D eigenvalue weighted by Crippen LogP contribution is -2.65. The molecule has 0 saturated carbocycles. The topological polar surface area (TPSA) is 179 Å². The lowest BCUT2D eigenvalue weighted by atomic mass is 9.85. The Balaban J connectivity index is 2.00. The van der Waals surface area contributed by atoms with E-state index in [0.717, 1.165) is 12.1 Å². The van der Waals surface area contributed by atoms with E-state index >= 15 is 0 Å². The summed E-state index contributed by atoms with van der Waals surface area (Å²) in [6, 6.07) is 0.465. The fourth-order valence-corrected chi connectivity index (χ4v) is 5.42. The third-order valence-corrected chi connectivity index (χ3v) is 7.66. The number of amides is 4. The molecule has 0 bridgehead atoms. The Hall–Kier alpha value is -3.23. The molecule has 0 spiro atoms. The van der Waals surface area contributed by atoms with E-state index in [2.05, 4.69) is 5.32 Å². The number of nitrogens with two attached hydrogens (primary N) is 2. The SMILES string of the molecule is CC(O)C(N)C(=O)N1CCC[C@H]1C(=O)N1CCC[C@@]1(Cc1ccc(C(F)(F)F)cc1)C(=O)NC(C(N)=O)C(C)O. The van der Waals surface area contributed by atoms with Gasteiger partial charge in [-0.05, 0) is 57.2 Å². The summed E-state index contributed by atoms with van der Waals surface area (Å²) in [5.74, 6) is -3.00. The Morgan fingerprint density at radius 1 is 1.07 bits per heavy atom. The molecule has 11 nitrogen and oxygen atoms in total. The zero-order valence-corrected chi connectivity index (χ0v) is 22.4. The highest BCUT2D eigenvalue weighted by atomic mass is 19.4. The van der Waals surface area contributed by atoms with E-state index in [-0.39, 0.29) is 32.4 Å². The van der Waals surface area contributed by atoms with E-state index < -0.39 is 71.2 Å². The van der Waals surface area contributed by atoms with Gasteiger partial charge in [0.1, 0.15) is 23.7 Å². The van der Waals surface area contributed by atoms with Crippen molar-refractivity contribution in [1.82, 2.24) is 15.1 Å². The van der Waals surface area contributed by atoms with Gasteiger partial charge in [0, 0.05) is 19.5 Å². The van der Waals surface area contributed by atoms with Gasteiger partial charge < -0.3 is 36.8 Å². The number of hydrogen-bond acceptors (Lipinski definition) is 7. The molecular formula is C26H36F3N5O6. The quantitative estimate of drug-likeness (QED) is 0.269. The molecule has 3 rings (SSSR count). The van der Waals surface area contributed by atoms with Gasteiger partial charge in [-0.15, -0.1) is 0 Å². The largest absolute Gasteiger partial charge is 0.416 e. The summed E-state index contributed by atoms with van der Waals surface area (Å²) in [4.78, 5) is 55.2. The van der Waals surface area contributed by atoms with Crippen molar-refractivity contribution in [2.45, 2.75) is 88.0 Å². The second-order valence-electron chi connectivity index (χ2n) is 10.5. The summed E-state index contributed by atoms with van der Waals surface area (Å²) < 4.78 is 39.4. The number of primary amides is 1. The number of carbonyl (C=O) groups excluding carboxylic acids is 4. The van der Waals surface area contributed by atoms with Crippen LogP contribution in [0.1, 0.15) is 50.7 Å². The molecule has 40 heavy (non-hydrogen) atoms. The predicted octanol–water partition coefficient (Wildman–Crippen LogP) is -0.341. The molecule has 0 aromatic heterocycles. The van der Waals surface area contributed by atoms with Crippen LogP contribution in [-0.2, 0) is 31.8 Å². The summed E-state index contributed by atoms with van der Waals surface area (Å²) in [6.07, 6.45) is -6.07. The van der Waals surface area contributed by atoms with Crippen LogP contribution in [0.25, 0.3) is 0 Å². The van der Waals surface area contributed by atoms with E-state index in [1.165, 1.54) is 35.8 Å². The molecule has 2 aliphatic heterocycles. The van der Waals surface area contributed by atoms with Crippen LogP contribution in [0.2, 0.25) is 0 Å². The minimum Gasteiger partial charge on any atom is -0.391 e. The fourth-order valence-electron chi connectivity index (χ4n) is 5.42. The van der Waals surface area contributed by atoms with E-state index in [1.807, 2.05) is 0 Å². The number of aliphatic hydroxyl groups is 2. The summed E-state index contributed by atoms with van der Waals surface area (Å²) in [5.41, 5.74) is 8.99. The van der Waals surface area contributed by atoms with Crippen molar-refractivity contribution in [3.63, 3.8) is 0 Å². The molecule has 0 aliphatic carbocycles. The summed E-state index contributed by atoms with van der Waals surface area (Å²) in [6.45, 7) is 2.92. The summed E-state index contributed by atoms with van der Waals surface area (Å²) >= 11 is 0. The fraction of sp³-hybridized carbons (Fsp3) is 0.615. The summed E-state index contributed by atoms with van der Waals surface area (Å²) in [5, 5.41) is 22.2. The zero-order valence-electron chi connectivity index (χ0n) is 22.4. The minimum absolute atomic E-state index is 0.101. The molecular weight excluding hydrogens is 535 g/mol. The van der Waals surface area contributed by atoms with Crippen LogP contribution in [0.5, 0.6) is 0 Å². The number of alkyl halides is 3. The van der Waals surface area contributed by atoms with Gasteiger partial charge in [-0.25, -0.2) is 0 Å². The monoisotopic (exact) mass is 571 g/mol. The van der Waals surface area contributed by atoms with E-state index in [1.54, 1.807) is 0 Å². The number of likely N-dealkylation sites (tertiary alicyclic amines) is 2. The number of nitrogens with one attached hydrogen (secondary N) is 1. The van der Waals surface area contributed by atoms with Crippen molar-refractivity contribution in [2.24, 2.45) is 11.5 Å². The van der Waals surface area contributed by atoms with Crippen LogP contribution in [-0.4, -0.2) is 92.6 Å². The van der Waals surface area contributed by atoms with Crippen LogP contribution in [0.15, 0.2) is 24.3 Å². The van der Waals surface area contributed by atoms with Crippen molar-refractivity contribution >= 4 is 23.6 Å². The third-order valence-electron chi connectivity index (χ3n) is 7.66. The smallest absolute Gasteiger partial charge is 0.391 e. The van der Waals surface area contributed by atoms with Crippen molar-refractivity contribution in [3.05, 3.63) is 35.4 Å². The molecule has 2 aliphatic rings. The van der Waals surface area contributed by atoms with Crippen molar-refractivity contribution in [2.75, 3.05) is 13.1 Å². The third kappa shape index (κ3) is 6.39. The van der Waals surface area contributed by atoms with Gasteiger partial charge in [-0.1, -0.05) is 12.1 Å². The molecule has 2 fully saturated rings. The second kappa shape index (κ2) is 12.1. The zero-order chi connectivity index (χ0) is 30.0. The Kier molecular flexibility index (Phi) is 9.47. The number of benzene rings is 1. The maximum atomic E-state index is 14.0. The number of nitrogens with zero attached hydrogens (tertiary/aromatic N) is 2. The van der Waals surface area contributed by atoms with Gasteiger partial charge in [-0.2, -0.15) is 13.2 Å². The Morgan fingerprint density at radius 3 is 2.23 bits per heavy atom. The average Bonchev–Trinajstić information content (AvgIpc) is 3.53. The normalized spacial score (nSPS) is 24.4. The van der Waals surface area contributed by atoms with Gasteiger partial charge in [0.15, 0.2) is 0 Å². The summed E-state index contributed by atoms with van der Waals surface area (Å²) in [7, 11) is 0.